The first kappa shape index (κ1) is 16.1. The molecule has 0 unspecified atom stereocenters. The van der Waals surface area contributed by atoms with Crippen molar-refractivity contribution in [2.45, 2.75) is 59.3 Å². The molecule has 0 atom stereocenters. The van der Waals surface area contributed by atoms with Crippen molar-refractivity contribution >= 4 is 11.9 Å². The molecule has 4 nitrogen and oxygen atoms in total. The molecule has 0 bridgehead atoms. The minimum Gasteiger partial charge on any atom is -0.481 e. The van der Waals surface area contributed by atoms with Gasteiger partial charge in [-0.2, -0.15) is 0 Å². The van der Waals surface area contributed by atoms with Gasteiger partial charge in [0.1, 0.15) is 0 Å². The van der Waals surface area contributed by atoms with E-state index in [1.54, 1.807) is 0 Å². The molecule has 21 heavy (non-hydrogen) atoms. The lowest BCUT2D eigenvalue weighted by atomic mass is 9.81. The topological polar surface area (TPSA) is 57.6 Å². The molecule has 1 N–H and O–H groups in total. The molecule has 0 radical (unpaired) electrons. The monoisotopic (exact) mass is 293 g/mol. The standard InChI is InChI=1S/C17H27NO3/c1-16(2,3)13-6-10-18(11-7-13)14(19)12-17(15(20)21)8-4-5-9-17/h6H,4-5,7-12H2,1-3H3,(H,20,21). The predicted molar refractivity (Wildman–Crippen MR) is 81.9 cm³/mol. The fourth-order valence-electron chi connectivity index (χ4n) is 3.50. The Kier molecular flexibility index (Phi) is 4.45. The van der Waals surface area contributed by atoms with E-state index in [-0.39, 0.29) is 17.7 Å². The number of rotatable bonds is 3. The van der Waals surface area contributed by atoms with Crippen molar-refractivity contribution in [3.8, 4) is 0 Å². The summed E-state index contributed by atoms with van der Waals surface area (Å²) in [6.45, 7) is 7.91. The van der Waals surface area contributed by atoms with Crippen molar-refractivity contribution in [2.24, 2.45) is 10.8 Å². The van der Waals surface area contributed by atoms with E-state index in [2.05, 4.69) is 26.8 Å². The van der Waals surface area contributed by atoms with Gasteiger partial charge in [0.15, 0.2) is 0 Å². The van der Waals surface area contributed by atoms with Crippen LogP contribution < -0.4 is 0 Å². The first-order chi connectivity index (χ1) is 9.74. The van der Waals surface area contributed by atoms with Crippen LogP contribution in [0, 0.1) is 10.8 Å². The van der Waals surface area contributed by atoms with Gasteiger partial charge in [0.05, 0.1) is 5.41 Å². The molecule has 1 aliphatic heterocycles. The van der Waals surface area contributed by atoms with Crippen LogP contribution in [-0.2, 0) is 9.59 Å². The Labute approximate surface area is 127 Å². The molecule has 1 heterocycles. The van der Waals surface area contributed by atoms with Crippen LogP contribution in [0.4, 0.5) is 0 Å². The van der Waals surface area contributed by atoms with E-state index in [1.165, 1.54) is 5.57 Å². The third-order valence-electron chi connectivity index (χ3n) is 5.03. The second-order valence-electron chi connectivity index (χ2n) is 7.54. The second kappa shape index (κ2) is 5.82. The van der Waals surface area contributed by atoms with Crippen molar-refractivity contribution < 1.29 is 14.7 Å². The second-order valence-corrected chi connectivity index (χ2v) is 7.54. The fourth-order valence-corrected chi connectivity index (χ4v) is 3.50. The van der Waals surface area contributed by atoms with E-state index in [9.17, 15) is 14.7 Å². The minimum absolute atomic E-state index is 0.00325. The minimum atomic E-state index is -0.800. The lowest BCUT2D eigenvalue weighted by molar-refractivity contribution is -0.153. The number of amides is 1. The molecule has 1 aliphatic carbocycles. The highest BCUT2D eigenvalue weighted by molar-refractivity contribution is 5.85. The maximum absolute atomic E-state index is 12.5. The summed E-state index contributed by atoms with van der Waals surface area (Å²) >= 11 is 0. The molecule has 4 heteroatoms. The summed E-state index contributed by atoms with van der Waals surface area (Å²) in [5, 5.41) is 9.48. The average Bonchev–Trinajstić information content (AvgIpc) is 2.88. The number of carboxylic acids is 1. The number of carbonyl (C=O) groups excluding carboxylic acids is 1. The maximum Gasteiger partial charge on any atom is 0.310 e. The fraction of sp³-hybridized carbons (Fsp3) is 0.765. The zero-order chi connectivity index (χ0) is 15.7. The number of hydrogen-bond donors (Lipinski definition) is 1. The highest BCUT2D eigenvalue weighted by Crippen LogP contribution is 2.42. The summed E-state index contributed by atoms with van der Waals surface area (Å²) in [4.78, 5) is 25.8. The van der Waals surface area contributed by atoms with Gasteiger partial charge in [0, 0.05) is 19.5 Å². The molecule has 0 saturated heterocycles. The number of hydrogen-bond acceptors (Lipinski definition) is 2. The predicted octanol–water partition coefficient (Wildman–Crippen LogP) is 3.23. The molecule has 1 saturated carbocycles. The normalized spacial score (nSPS) is 22.0. The van der Waals surface area contributed by atoms with Crippen LogP contribution in [0.15, 0.2) is 11.6 Å². The van der Waals surface area contributed by atoms with E-state index in [0.29, 0.717) is 19.4 Å². The first-order valence-electron chi connectivity index (χ1n) is 7.95. The highest BCUT2D eigenvalue weighted by Gasteiger charge is 2.43. The summed E-state index contributed by atoms with van der Waals surface area (Å²) in [6.07, 6.45) is 6.34. The van der Waals surface area contributed by atoms with Crippen molar-refractivity contribution in [1.82, 2.24) is 4.90 Å². The van der Waals surface area contributed by atoms with Crippen molar-refractivity contribution in [2.75, 3.05) is 13.1 Å². The Bertz CT molecular complexity index is 453. The van der Waals surface area contributed by atoms with Crippen LogP contribution in [0.2, 0.25) is 0 Å². The quantitative estimate of drug-likeness (QED) is 0.813. The summed E-state index contributed by atoms with van der Waals surface area (Å²) in [5.74, 6) is -0.792. The van der Waals surface area contributed by atoms with Gasteiger partial charge in [-0.15, -0.1) is 0 Å². The third kappa shape index (κ3) is 3.47. The molecular formula is C17H27NO3. The van der Waals surface area contributed by atoms with Crippen LogP contribution in [0.25, 0.3) is 0 Å². The van der Waals surface area contributed by atoms with E-state index < -0.39 is 11.4 Å². The SMILES string of the molecule is CC(C)(C)C1=CCN(C(=O)CC2(C(=O)O)CCCC2)CC1. The molecule has 0 aromatic rings. The van der Waals surface area contributed by atoms with Crippen LogP contribution in [0.3, 0.4) is 0 Å². The van der Waals surface area contributed by atoms with Gasteiger partial charge >= 0.3 is 5.97 Å². The molecule has 0 aromatic heterocycles. The average molecular weight is 293 g/mol. The van der Waals surface area contributed by atoms with Crippen LogP contribution in [-0.4, -0.2) is 35.0 Å². The molecule has 118 valence electrons. The van der Waals surface area contributed by atoms with Gasteiger partial charge < -0.3 is 10.0 Å². The molecule has 1 fully saturated rings. The molecule has 2 aliphatic rings. The van der Waals surface area contributed by atoms with Gasteiger partial charge in [0.2, 0.25) is 5.91 Å². The van der Waals surface area contributed by atoms with Crippen molar-refractivity contribution in [3.05, 3.63) is 11.6 Å². The Morgan fingerprint density at radius 1 is 1.29 bits per heavy atom. The summed E-state index contributed by atoms with van der Waals surface area (Å²) in [6, 6.07) is 0. The largest absolute Gasteiger partial charge is 0.481 e. The Morgan fingerprint density at radius 3 is 2.33 bits per heavy atom. The number of aliphatic carboxylic acids is 1. The molecule has 2 rings (SSSR count). The Morgan fingerprint density at radius 2 is 1.90 bits per heavy atom. The lowest BCUT2D eigenvalue weighted by Gasteiger charge is -2.34. The molecular weight excluding hydrogens is 266 g/mol. The summed E-state index contributed by atoms with van der Waals surface area (Å²) < 4.78 is 0. The zero-order valence-electron chi connectivity index (χ0n) is 13.4. The lowest BCUT2D eigenvalue weighted by Crippen LogP contribution is -2.41. The first-order valence-corrected chi connectivity index (χ1v) is 7.95. The molecule has 0 aromatic carbocycles. The van der Waals surface area contributed by atoms with Gasteiger partial charge in [-0.1, -0.05) is 45.3 Å². The van der Waals surface area contributed by atoms with E-state index >= 15 is 0 Å². The van der Waals surface area contributed by atoms with Gasteiger partial charge in [-0.3, -0.25) is 9.59 Å². The van der Waals surface area contributed by atoms with Crippen molar-refractivity contribution in [3.63, 3.8) is 0 Å². The van der Waals surface area contributed by atoms with Gasteiger partial charge in [-0.25, -0.2) is 0 Å². The Balaban J connectivity index is 1.99. The summed E-state index contributed by atoms with van der Waals surface area (Å²) in [7, 11) is 0. The molecule has 1 amide bonds. The molecule has 0 spiro atoms. The van der Waals surface area contributed by atoms with Gasteiger partial charge in [-0.05, 0) is 24.7 Å². The summed E-state index contributed by atoms with van der Waals surface area (Å²) in [5.41, 5.74) is 0.744. The van der Waals surface area contributed by atoms with E-state index in [4.69, 9.17) is 0 Å². The smallest absolute Gasteiger partial charge is 0.310 e. The van der Waals surface area contributed by atoms with Crippen LogP contribution in [0.1, 0.15) is 59.3 Å². The Hall–Kier alpha value is -1.32. The zero-order valence-corrected chi connectivity index (χ0v) is 13.4. The number of carboxylic acid groups (broad SMARTS) is 1. The van der Waals surface area contributed by atoms with Gasteiger partial charge in [0.25, 0.3) is 0 Å². The van der Waals surface area contributed by atoms with Crippen molar-refractivity contribution in [1.29, 1.82) is 0 Å². The number of carbonyl (C=O) groups is 2. The maximum atomic E-state index is 12.5. The van der Waals surface area contributed by atoms with E-state index in [1.807, 2.05) is 4.90 Å². The number of nitrogens with zero attached hydrogens (tertiary/aromatic N) is 1. The third-order valence-corrected chi connectivity index (χ3v) is 5.03. The van der Waals surface area contributed by atoms with Crippen LogP contribution >= 0.6 is 0 Å². The van der Waals surface area contributed by atoms with E-state index in [0.717, 1.165) is 25.8 Å². The highest BCUT2D eigenvalue weighted by atomic mass is 16.4. The van der Waals surface area contributed by atoms with Crippen LogP contribution in [0.5, 0.6) is 0 Å².